The van der Waals surface area contributed by atoms with Crippen molar-refractivity contribution in [3.63, 3.8) is 0 Å². The normalized spacial score (nSPS) is 15.1. The van der Waals surface area contributed by atoms with Crippen LogP contribution in [0.25, 0.3) is 6.08 Å². The maximum absolute atomic E-state index is 12.9. The molecule has 0 spiro atoms. The second-order valence-corrected chi connectivity index (χ2v) is 9.65. The van der Waals surface area contributed by atoms with Crippen LogP contribution in [0.4, 0.5) is 10.1 Å². The van der Waals surface area contributed by atoms with Crippen LogP contribution in [0.1, 0.15) is 5.56 Å². The molecule has 1 heterocycles. The number of anilines is 1. The van der Waals surface area contributed by atoms with Gasteiger partial charge in [-0.3, -0.25) is 14.5 Å². The van der Waals surface area contributed by atoms with Crippen LogP contribution in [0.3, 0.4) is 0 Å². The first-order valence-electron chi connectivity index (χ1n) is 10.3. The van der Waals surface area contributed by atoms with Crippen molar-refractivity contribution >= 4 is 33.4 Å². The summed E-state index contributed by atoms with van der Waals surface area (Å²) in [6, 6.07) is 14.9. The number of sulfone groups is 1. The zero-order chi connectivity index (χ0) is 23.0. The Labute approximate surface area is 187 Å². The lowest BCUT2D eigenvalue weighted by molar-refractivity contribution is -0.130. The molecule has 1 saturated heterocycles. The lowest BCUT2D eigenvalue weighted by Crippen LogP contribution is -2.50. The van der Waals surface area contributed by atoms with Gasteiger partial charge in [0.2, 0.25) is 11.8 Å². The fourth-order valence-corrected chi connectivity index (χ4v) is 4.47. The molecule has 0 aliphatic carbocycles. The topological polar surface area (TPSA) is 86.8 Å². The van der Waals surface area contributed by atoms with E-state index in [2.05, 4.69) is 16.3 Å². The van der Waals surface area contributed by atoms with Crippen LogP contribution in [0.2, 0.25) is 0 Å². The maximum Gasteiger partial charge on any atom is 0.239 e. The Morgan fingerprint density at radius 1 is 0.938 bits per heavy atom. The fraction of sp³-hybridized carbons (Fsp3) is 0.304. The Bertz CT molecular complexity index is 1050. The third kappa shape index (κ3) is 7.58. The number of hydrogen-bond acceptors (Lipinski definition) is 5. The summed E-state index contributed by atoms with van der Waals surface area (Å²) in [7, 11) is -3.92. The first kappa shape index (κ1) is 23.6. The van der Waals surface area contributed by atoms with Gasteiger partial charge in [-0.15, -0.1) is 0 Å². The monoisotopic (exact) mass is 459 g/mol. The second-order valence-electron chi connectivity index (χ2n) is 7.58. The molecule has 2 aromatic rings. The van der Waals surface area contributed by atoms with Crippen molar-refractivity contribution in [1.82, 2.24) is 9.80 Å². The van der Waals surface area contributed by atoms with Gasteiger partial charge in [0.25, 0.3) is 0 Å². The van der Waals surface area contributed by atoms with Crippen molar-refractivity contribution < 1.29 is 22.4 Å². The molecule has 2 aromatic carbocycles. The van der Waals surface area contributed by atoms with Crippen LogP contribution in [0, 0.1) is 5.82 Å². The highest BCUT2D eigenvalue weighted by Crippen LogP contribution is 2.09. The van der Waals surface area contributed by atoms with Crippen LogP contribution >= 0.6 is 0 Å². The average molecular weight is 460 g/mol. The number of piperazine rings is 1. The highest BCUT2D eigenvalue weighted by atomic mass is 32.2. The Hall–Kier alpha value is -3.04. The number of hydrogen-bond donors (Lipinski definition) is 1. The minimum Gasteiger partial charge on any atom is -0.339 e. The third-order valence-electron chi connectivity index (χ3n) is 5.02. The summed E-state index contributed by atoms with van der Waals surface area (Å²) in [5.74, 6) is -3.25. The van der Waals surface area contributed by atoms with Gasteiger partial charge >= 0.3 is 0 Å². The largest absolute Gasteiger partial charge is 0.339 e. The molecule has 0 unspecified atom stereocenters. The fourth-order valence-electron chi connectivity index (χ4n) is 3.34. The first-order chi connectivity index (χ1) is 15.3. The zero-order valence-electron chi connectivity index (χ0n) is 17.6. The number of benzene rings is 2. The standard InChI is InChI=1S/C23H26FN3O4S/c24-20-8-10-21(11-9-20)25-22(28)17-32(30,31)18-23(29)27-15-13-26(14-16-27)12-4-7-19-5-2-1-3-6-19/h1-11H,12-18H2,(H,25,28)/b7-4+. The highest BCUT2D eigenvalue weighted by molar-refractivity contribution is 7.92. The van der Waals surface area contributed by atoms with Gasteiger partial charge in [0.15, 0.2) is 9.84 Å². The first-order valence-corrected chi connectivity index (χ1v) is 12.1. The predicted molar refractivity (Wildman–Crippen MR) is 122 cm³/mol. The van der Waals surface area contributed by atoms with Gasteiger partial charge in [0, 0.05) is 38.4 Å². The molecule has 1 aliphatic heterocycles. The van der Waals surface area contributed by atoms with Gasteiger partial charge in [-0.05, 0) is 29.8 Å². The molecule has 0 radical (unpaired) electrons. The Morgan fingerprint density at radius 3 is 2.25 bits per heavy atom. The van der Waals surface area contributed by atoms with E-state index in [0.29, 0.717) is 26.2 Å². The minimum absolute atomic E-state index is 0.287. The predicted octanol–water partition coefficient (Wildman–Crippen LogP) is 2.04. The molecule has 2 amide bonds. The third-order valence-corrected chi connectivity index (χ3v) is 6.41. The van der Waals surface area contributed by atoms with Crippen molar-refractivity contribution in [2.24, 2.45) is 0 Å². The minimum atomic E-state index is -3.92. The van der Waals surface area contributed by atoms with Crippen molar-refractivity contribution in [3.8, 4) is 0 Å². The molecule has 0 saturated carbocycles. The molecule has 3 rings (SSSR count). The van der Waals surface area contributed by atoms with Crippen LogP contribution in [0.15, 0.2) is 60.7 Å². The van der Waals surface area contributed by atoms with E-state index in [1.807, 2.05) is 36.4 Å². The molecule has 9 heteroatoms. The van der Waals surface area contributed by atoms with Crippen LogP contribution in [-0.4, -0.2) is 74.3 Å². The van der Waals surface area contributed by atoms with Crippen molar-refractivity contribution in [1.29, 1.82) is 0 Å². The zero-order valence-corrected chi connectivity index (χ0v) is 18.4. The van der Waals surface area contributed by atoms with E-state index in [1.54, 1.807) is 0 Å². The number of carbonyl (C=O) groups excluding carboxylic acids is 2. The summed E-state index contributed by atoms with van der Waals surface area (Å²) >= 11 is 0. The Morgan fingerprint density at radius 2 is 1.59 bits per heavy atom. The molecule has 170 valence electrons. The number of carbonyl (C=O) groups is 2. The van der Waals surface area contributed by atoms with E-state index in [0.717, 1.165) is 24.2 Å². The van der Waals surface area contributed by atoms with E-state index < -0.39 is 39.0 Å². The second kappa shape index (κ2) is 11.0. The van der Waals surface area contributed by atoms with Gasteiger partial charge in [-0.2, -0.15) is 0 Å². The van der Waals surface area contributed by atoms with Crippen molar-refractivity contribution in [2.45, 2.75) is 0 Å². The smallest absolute Gasteiger partial charge is 0.239 e. The number of halogens is 1. The molecule has 1 N–H and O–H groups in total. The Kier molecular flexibility index (Phi) is 8.13. The van der Waals surface area contributed by atoms with E-state index >= 15 is 0 Å². The molecular weight excluding hydrogens is 433 g/mol. The molecule has 1 fully saturated rings. The molecular formula is C23H26FN3O4S. The molecule has 7 nitrogen and oxygen atoms in total. The van der Waals surface area contributed by atoms with Gasteiger partial charge in [0.1, 0.15) is 17.3 Å². The molecule has 0 bridgehead atoms. The number of nitrogens with one attached hydrogen (secondary N) is 1. The van der Waals surface area contributed by atoms with Crippen molar-refractivity contribution in [3.05, 3.63) is 72.1 Å². The lowest BCUT2D eigenvalue weighted by Gasteiger charge is -2.34. The number of rotatable bonds is 8. The quantitative estimate of drug-likeness (QED) is 0.653. The molecule has 0 atom stereocenters. The van der Waals surface area contributed by atoms with Crippen LogP contribution in [0.5, 0.6) is 0 Å². The average Bonchev–Trinajstić information content (AvgIpc) is 2.76. The summed E-state index contributed by atoms with van der Waals surface area (Å²) in [6.07, 6.45) is 4.11. The summed E-state index contributed by atoms with van der Waals surface area (Å²) < 4.78 is 37.5. The summed E-state index contributed by atoms with van der Waals surface area (Å²) in [5.41, 5.74) is 1.41. The van der Waals surface area contributed by atoms with E-state index in [9.17, 15) is 22.4 Å². The molecule has 0 aromatic heterocycles. The van der Waals surface area contributed by atoms with Gasteiger partial charge in [0.05, 0.1) is 0 Å². The van der Waals surface area contributed by atoms with E-state index in [4.69, 9.17) is 0 Å². The van der Waals surface area contributed by atoms with E-state index in [-0.39, 0.29) is 5.69 Å². The van der Waals surface area contributed by atoms with E-state index in [1.165, 1.54) is 17.0 Å². The number of amides is 2. The molecule has 32 heavy (non-hydrogen) atoms. The summed E-state index contributed by atoms with van der Waals surface area (Å²) in [4.78, 5) is 28.1. The van der Waals surface area contributed by atoms with Crippen molar-refractivity contribution in [2.75, 3.05) is 49.5 Å². The summed E-state index contributed by atoms with van der Waals surface area (Å²) in [5, 5.41) is 2.39. The van der Waals surface area contributed by atoms with Gasteiger partial charge < -0.3 is 10.2 Å². The molecule has 1 aliphatic rings. The Balaban J connectivity index is 1.41. The number of nitrogens with zero attached hydrogens (tertiary/aromatic N) is 2. The summed E-state index contributed by atoms with van der Waals surface area (Å²) in [6.45, 7) is 2.93. The van der Waals surface area contributed by atoms with Crippen LogP contribution in [-0.2, 0) is 19.4 Å². The maximum atomic E-state index is 12.9. The highest BCUT2D eigenvalue weighted by Gasteiger charge is 2.26. The van der Waals surface area contributed by atoms with Gasteiger partial charge in [-0.1, -0.05) is 42.5 Å². The van der Waals surface area contributed by atoms with Crippen LogP contribution < -0.4 is 5.32 Å². The lowest BCUT2D eigenvalue weighted by atomic mass is 10.2. The van der Waals surface area contributed by atoms with Gasteiger partial charge in [-0.25, -0.2) is 12.8 Å². The SMILES string of the molecule is O=C(CS(=O)(=O)CC(=O)N1CCN(C/C=C/c2ccccc2)CC1)Nc1ccc(F)cc1.